The largest absolute Gasteiger partial charge is 0.465 e. The van der Waals surface area contributed by atoms with Crippen LogP contribution in [0.5, 0.6) is 0 Å². The Balaban J connectivity index is 2.36. The fourth-order valence-electron chi connectivity index (χ4n) is 1.82. The van der Waals surface area contributed by atoms with Crippen molar-refractivity contribution in [2.24, 2.45) is 0 Å². The van der Waals surface area contributed by atoms with E-state index in [1.165, 1.54) is 7.11 Å². The van der Waals surface area contributed by atoms with Gasteiger partial charge < -0.3 is 10.1 Å². The zero-order valence-corrected chi connectivity index (χ0v) is 9.08. The van der Waals surface area contributed by atoms with E-state index in [1.807, 2.05) is 6.07 Å². The number of esters is 1. The normalized spacial score (nSPS) is 15.2. The number of methoxy groups -OCH3 is 1. The molecule has 0 spiro atoms. The zero-order chi connectivity index (χ0) is 11.5. The highest BCUT2D eigenvalue weighted by molar-refractivity contribution is 5.90. The number of hydrogen-bond donors (Lipinski definition) is 1. The van der Waals surface area contributed by atoms with Crippen molar-refractivity contribution in [1.82, 2.24) is 5.32 Å². The zero-order valence-electron chi connectivity index (χ0n) is 9.08. The summed E-state index contributed by atoms with van der Waals surface area (Å²) in [6.45, 7) is 1.06. The number of carbonyl (C=O) groups excluding carboxylic acids is 2. The van der Waals surface area contributed by atoms with Gasteiger partial charge in [-0.3, -0.25) is 4.79 Å². The van der Waals surface area contributed by atoms with Gasteiger partial charge >= 0.3 is 5.97 Å². The number of benzene rings is 1. The number of rotatable bonds is 1. The van der Waals surface area contributed by atoms with Gasteiger partial charge in [0.15, 0.2) is 5.78 Å². The lowest BCUT2D eigenvalue weighted by atomic mass is 10.0. The maximum absolute atomic E-state index is 11.4. The Kier molecular flexibility index (Phi) is 3.01. The van der Waals surface area contributed by atoms with Gasteiger partial charge in [-0.05, 0) is 23.3 Å². The summed E-state index contributed by atoms with van der Waals surface area (Å²) >= 11 is 0. The molecule has 1 heterocycles. The molecule has 84 valence electrons. The first kappa shape index (κ1) is 10.8. The first-order valence-electron chi connectivity index (χ1n) is 5.13. The molecule has 0 saturated carbocycles. The van der Waals surface area contributed by atoms with Crippen molar-refractivity contribution in [3.05, 3.63) is 34.9 Å². The fourth-order valence-corrected chi connectivity index (χ4v) is 1.82. The summed E-state index contributed by atoms with van der Waals surface area (Å²) in [7, 11) is 1.35. The van der Waals surface area contributed by atoms with Crippen LogP contribution < -0.4 is 5.32 Å². The van der Waals surface area contributed by atoms with Crippen LogP contribution in [0.25, 0.3) is 0 Å². The maximum atomic E-state index is 11.4. The molecule has 0 aromatic heterocycles. The standard InChI is InChI=1S/C12H13NO3/c1-16-12(15)8-2-3-9-6-13-7-11(14)5-10(9)4-8/h2-4,13H,5-7H2,1H3. The molecule has 4 nitrogen and oxygen atoms in total. The first-order valence-corrected chi connectivity index (χ1v) is 5.13. The molecule has 4 heteroatoms. The Morgan fingerprint density at radius 1 is 1.31 bits per heavy atom. The van der Waals surface area contributed by atoms with Crippen LogP contribution >= 0.6 is 0 Å². The van der Waals surface area contributed by atoms with Crippen molar-refractivity contribution in [3.8, 4) is 0 Å². The van der Waals surface area contributed by atoms with Crippen LogP contribution in [0.1, 0.15) is 21.5 Å². The second kappa shape index (κ2) is 4.45. The van der Waals surface area contributed by atoms with Crippen LogP contribution in [-0.2, 0) is 22.5 Å². The van der Waals surface area contributed by atoms with Gasteiger partial charge in [-0.15, -0.1) is 0 Å². The van der Waals surface area contributed by atoms with Crippen molar-refractivity contribution in [3.63, 3.8) is 0 Å². The Morgan fingerprint density at radius 3 is 2.88 bits per heavy atom. The molecule has 1 aromatic carbocycles. The molecule has 1 aromatic rings. The predicted molar refractivity (Wildman–Crippen MR) is 58.2 cm³/mol. The molecule has 0 atom stereocenters. The van der Waals surface area contributed by atoms with E-state index >= 15 is 0 Å². The second-order valence-electron chi connectivity index (χ2n) is 3.79. The summed E-state index contributed by atoms with van der Waals surface area (Å²) in [5.41, 5.74) is 2.48. The minimum atomic E-state index is -0.368. The summed E-state index contributed by atoms with van der Waals surface area (Å²) in [6.07, 6.45) is 0.382. The number of nitrogens with one attached hydrogen (secondary N) is 1. The number of Topliss-reactive ketones (excluding diaryl/α,β-unsaturated/α-hetero) is 1. The average Bonchev–Trinajstić information content (AvgIpc) is 2.47. The minimum absolute atomic E-state index is 0.140. The van der Waals surface area contributed by atoms with Gasteiger partial charge in [0.1, 0.15) is 0 Å². The van der Waals surface area contributed by atoms with E-state index in [1.54, 1.807) is 12.1 Å². The third-order valence-electron chi connectivity index (χ3n) is 2.65. The molecule has 0 unspecified atom stereocenters. The highest BCUT2D eigenvalue weighted by Gasteiger charge is 2.15. The van der Waals surface area contributed by atoms with E-state index in [9.17, 15) is 9.59 Å². The third-order valence-corrected chi connectivity index (χ3v) is 2.65. The van der Waals surface area contributed by atoms with E-state index in [4.69, 9.17) is 0 Å². The van der Waals surface area contributed by atoms with E-state index in [0.29, 0.717) is 25.1 Å². The number of ketones is 1. The van der Waals surface area contributed by atoms with Crippen molar-refractivity contribution in [2.75, 3.05) is 13.7 Å². The topological polar surface area (TPSA) is 55.4 Å². The van der Waals surface area contributed by atoms with Crippen LogP contribution in [-0.4, -0.2) is 25.4 Å². The summed E-state index contributed by atoms with van der Waals surface area (Å²) in [5, 5.41) is 3.05. The molecule has 1 aliphatic heterocycles. The fraction of sp³-hybridized carbons (Fsp3) is 0.333. The lowest BCUT2D eigenvalue weighted by Crippen LogP contribution is -2.19. The average molecular weight is 219 g/mol. The molecule has 0 saturated heterocycles. The molecule has 2 rings (SSSR count). The van der Waals surface area contributed by atoms with Gasteiger partial charge in [-0.2, -0.15) is 0 Å². The Bertz CT molecular complexity index is 440. The van der Waals surface area contributed by atoms with E-state index < -0.39 is 0 Å². The van der Waals surface area contributed by atoms with Crippen LogP contribution in [0.2, 0.25) is 0 Å². The van der Waals surface area contributed by atoms with Crippen molar-refractivity contribution < 1.29 is 14.3 Å². The predicted octanol–water partition coefficient (Wildman–Crippen LogP) is 0.688. The van der Waals surface area contributed by atoms with Crippen molar-refractivity contribution >= 4 is 11.8 Å². The molecule has 1 N–H and O–H groups in total. The molecule has 0 bridgehead atoms. The van der Waals surface area contributed by atoms with Gasteiger partial charge in [-0.1, -0.05) is 6.07 Å². The SMILES string of the molecule is COC(=O)c1ccc2c(c1)CC(=O)CNC2. The minimum Gasteiger partial charge on any atom is -0.465 e. The molecule has 0 aliphatic carbocycles. The number of ether oxygens (including phenoxy) is 1. The lowest BCUT2D eigenvalue weighted by molar-refractivity contribution is -0.117. The van der Waals surface area contributed by atoms with E-state index in [-0.39, 0.29) is 11.8 Å². The van der Waals surface area contributed by atoms with E-state index in [2.05, 4.69) is 10.1 Å². The number of carbonyl (C=O) groups is 2. The highest BCUT2D eigenvalue weighted by Crippen LogP contribution is 2.16. The van der Waals surface area contributed by atoms with Crippen LogP contribution in [0.4, 0.5) is 0 Å². The maximum Gasteiger partial charge on any atom is 0.337 e. The van der Waals surface area contributed by atoms with E-state index in [0.717, 1.165) is 11.1 Å². The third kappa shape index (κ3) is 2.12. The Morgan fingerprint density at radius 2 is 2.12 bits per heavy atom. The van der Waals surface area contributed by atoms with Gasteiger partial charge in [0.05, 0.1) is 19.2 Å². The summed E-state index contributed by atoms with van der Waals surface area (Å²) < 4.78 is 4.65. The van der Waals surface area contributed by atoms with Crippen LogP contribution in [0.3, 0.4) is 0 Å². The molecular weight excluding hydrogens is 206 g/mol. The molecular formula is C12H13NO3. The van der Waals surface area contributed by atoms with Gasteiger partial charge in [0.25, 0.3) is 0 Å². The number of hydrogen-bond acceptors (Lipinski definition) is 4. The summed E-state index contributed by atoms with van der Waals surface area (Å²) in [6, 6.07) is 5.33. The molecule has 0 radical (unpaired) electrons. The van der Waals surface area contributed by atoms with Gasteiger partial charge in [0, 0.05) is 13.0 Å². The van der Waals surface area contributed by atoms with Crippen molar-refractivity contribution in [2.45, 2.75) is 13.0 Å². The van der Waals surface area contributed by atoms with Crippen LogP contribution in [0.15, 0.2) is 18.2 Å². The number of fused-ring (bicyclic) bond motifs is 1. The quantitative estimate of drug-likeness (QED) is 0.706. The summed E-state index contributed by atoms with van der Waals surface area (Å²) in [5.74, 6) is -0.228. The lowest BCUT2D eigenvalue weighted by Gasteiger charge is -2.06. The van der Waals surface area contributed by atoms with Crippen molar-refractivity contribution in [1.29, 1.82) is 0 Å². The molecule has 0 fully saturated rings. The highest BCUT2D eigenvalue weighted by atomic mass is 16.5. The second-order valence-corrected chi connectivity index (χ2v) is 3.79. The monoisotopic (exact) mass is 219 g/mol. The smallest absolute Gasteiger partial charge is 0.337 e. The van der Waals surface area contributed by atoms with Gasteiger partial charge in [-0.25, -0.2) is 4.79 Å². The van der Waals surface area contributed by atoms with Crippen LogP contribution in [0, 0.1) is 0 Å². The first-order chi connectivity index (χ1) is 7.70. The molecule has 16 heavy (non-hydrogen) atoms. The summed E-state index contributed by atoms with van der Waals surface area (Å²) in [4.78, 5) is 22.8. The Hall–Kier alpha value is -1.68. The molecule has 1 aliphatic rings. The Labute approximate surface area is 93.6 Å². The van der Waals surface area contributed by atoms with Gasteiger partial charge in [0.2, 0.25) is 0 Å². The molecule has 0 amide bonds.